The average molecular weight is 177 g/mol. The molecule has 1 fully saturated rings. The number of rotatable bonds is 2. The Balaban J connectivity index is 2.19. The molecular formula is C11H15NO. The predicted octanol–water partition coefficient (Wildman–Crippen LogP) is 1.64. The second kappa shape index (κ2) is 3.38. The van der Waals surface area contributed by atoms with Gasteiger partial charge in [-0.15, -0.1) is 0 Å². The van der Waals surface area contributed by atoms with Crippen molar-refractivity contribution >= 4 is 5.69 Å². The molecular weight excluding hydrogens is 162 g/mol. The van der Waals surface area contributed by atoms with E-state index in [1.807, 2.05) is 18.2 Å². The first kappa shape index (κ1) is 8.57. The number of hydrogen-bond acceptors (Lipinski definition) is 2. The van der Waals surface area contributed by atoms with Crippen LogP contribution in [0.1, 0.15) is 12.5 Å². The molecule has 0 unspecified atom stereocenters. The minimum atomic E-state index is 0.140. The van der Waals surface area contributed by atoms with Gasteiger partial charge in [0.2, 0.25) is 0 Å². The molecule has 2 heteroatoms. The Kier molecular flexibility index (Phi) is 2.23. The minimum absolute atomic E-state index is 0.140. The van der Waals surface area contributed by atoms with E-state index in [0.29, 0.717) is 0 Å². The zero-order chi connectivity index (χ0) is 9.26. The summed E-state index contributed by atoms with van der Waals surface area (Å²) in [5.74, 6) is 0.798. The van der Waals surface area contributed by atoms with E-state index in [1.54, 1.807) is 0 Å². The molecule has 1 saturated heterocycles. The lowest BCUT2D eigenvalue weighted by Crippen LogP contribution is -2.45. The first-order valence-corrected chi connectivity index (χ1v) is 4.75. The third kappa shape index (κ3) is 1.54. The molecule has 0 aromatic heterocycles. The Morgan fingerprint density at radius 1 is 1.38 bits per heavy atom. The molecule has 0 saturated carbocycles. The number of anilines is 1. The smallest absolute Gasteiger partial charge is 0.0702 e. The van der Waals surface area contributed by atoms with Crippen LogP contribution in [0.4, 0.5) is 5.69 Å². The van der Waals surface area contributed by atoms with Gasteiger partial charge >= 0.3 is 0 Å². The molecule has 1 N–H and O–H groups in total. The second-order valence-electron chi connectivity index (χ2n) is 3.80. The fourth-order valence-electron chi connectivity index (χ4n) is 1.85. The van der Waals surface area contributed by atoms with Crippen molar-refractivity contribution in [1.29, 1.82) is 0 Å². The molecule has 1 heterocycles. The van der Waals surface area contributed by atoms with Crippen molar-refractivity contribution in [1.82, 2.24) is 0 Å². The molecule has 70 valence electrons. The van der Waals surface area contributed by atoms with Crippen molar-refractivity contribution < 1.29 is 5.11 Å². The highest BCUT2D eigenvalue weighted by atomic mass is 16.3. The second-order valence-corrected chi connectivity index (χ2v) is 3.80. The molecule has 0 spiro atoms. The van der Waals surface area contributed by atoms with E-state index >= 15 is 0 Å². The van der Waals surface area contributed by atoms with Crippen molar-refractivity contribution in [2.45, 2.75) is 13.5 Å². The van der Waals surface area contributed by atoms with Gasteiger partial charge in [-0.25, -0.2) is 0 Å². The summed E-state index contributed by atoms with van der Waals surface area (Å²) in [6.45, 7) is 4.63. The van der Waals surface area contributed by atoms with Crippen LogP contribution in [-0.4, -0.2) is 18.2 Å². The van der Waals surface area contributed by atoms with E-state index in [1.165, 1.54) is 5.69 Å². The van der Waals surface area contributed by atoms with Crippen molar-refractivity contribution in [3.05, 3.63) is 29.8 Å². The number of para-hydroxylation sites is 1. The Labute approximate surface area is 78.8 Å². The Hall–Kier alpha value is -1.02. The van der Waals surface area contributed by atoms with E-state index in [4.69, 9.17) is 5.11 Å². The number of benzene rings is 1. The van der Waals surface area contributed by atoms with Gasteiger partial charge in [0.1, 0.15) is 0 Å². The van der Waals surface area contributed by atoms with Gasteiger partial charge in [-0.2, -0.15) is 0 Å². The molecule has 2 rings (SSSR count). The highest BCUT2D eigenvalue weighted by Gasteiger charge is 2.23. The van der Waals surface area contributed by atoms with Gasteiger partial charge < -0.3 is 10.0 Å². The Morgan fingerprint density at radius 3 is 2.69 bits per heavy atom. The number of aliphatic hydroxyl groups is 1. The van der Waals surface area contributed by atoms with Crippen LogP contribution in [0.25, 0.3) is 0 Å². The summed E-state index contributed by atoms with van der Waals surface area (Å²) in [5.41, 5.74) is 2.23. The molecule has 1 aromatic carbocycles. The van der Waals surface area contributed by atoms with Crippen LogP contribution in [0.2, 0.25) is 0 Å². The van der Waals surface area contributed by atoms with Crippen molar-refractivity contribution in [2.75, 3.05) is 18.0 Å². The number of aliphatic hydroxyl groups excluding tert-OH is 1. The fourth-order valence-corrected chi connectivity index (χ4v) is 1.85. The van der Waals surface area contributed by atoms with Crippen molar-refractivity contribution in [3.63, 3.8) is 0 Å². The van der Waals surface area contributed by atoms with Gasteiger partial charge in [-0.1, -0.05) is 25.1 Å². The molecule has 0 atom stereocenters. The molecule has 13 heavy (non-hydrogen) atoms. The lowest BCUT2D eigenvalue weighted by molar-refractivity contribution is 0.281. The van der Waals surface area contributed by atoms with E-state index in [2.05, 4.69) is 17.9 Å². The monoisotopic (exact) mass is 177 g/mol. The third-order valence-electron chi connectivity index (χ3n) is 2.57. The lowest BCUT2D eigenvalue weighted by atomic mass is 10.0. The van der Waals surface area contributed by atoms with Gasteiger partial charge in [0.05, 0.1) is 6.61 Å². The van der Waals surface area contributed by atoms with Crippen LogP contribution in [0.3, 0.4) is 0 Å². The molecule has 0 amide bonds. The average Bonchev–Trinajstić information content (AvgIpc) is 2.13. The number of nitrogens with zero attached hydrogens (tertiary/aromatic N) is 1. The maximum absolute atomic E-state index is 9.13. The highest BCUT2D eigenvalue weighted by molar-refractivity contribution is 5.55. The van der Waals surface area contributed by atoms with E-state index in [9.17, 15) is 0 Å². The van der Waals surface area contributed by atoms with Gasteiger partial charge in [0.25, 0.3) is 0 Å². The normalized spacial score (nSPS) is 17.2. The summed E-state index contributed by atoms with van der Waals surface area (Å²) in [7, 11) is 0. The molecule has 2 nitrogen and oxygen atoms in total. The lowest BCUT2D eigenvalue weighted by Gasteiger charge is -2.40. The first-order chi connectivity index (χ1) is 6.31. The maximum atomic E-state index is 9.13. The molecule has 0 aliphatic carbocycles. The molecule has 1 aliphatic heterocycles. The summed E-state index contributed by atoms with van der Waals surface area (Å²) in [5, 5.41) is 9.13. The van der Waals surface area contributed by atoms with Crippen LogP contribution in [0.15, 0.2) is 24.3 Å². The summed E-state index contributed by atoms with van der Waals surface area (Å²) in [6.07, 6.45) is 0. The fraction of sp³-hybridized carbons (Fsp3) is 0.455. The van der Waals surface area contributed by atoms with E-state index in [-0.39, 0.29) is 6.61 Å². The van der Waals surface area contributed by atoms with Gasteiger partial charge in [0.15, 0.2) is 0 Å². The molecule has 0 bridgehead atoms. The summed E-state index contributed by atoms with van der Waals surface area (Å²) in [6, 6.07) is 8.06. The Bertz CT molecular complexity index is 292. The van der Waals surface area contributed by atoms with Crippen LogP contribution in [-0.2, 0) is 6.61 Å². The summed E-state index contributed by atoms with van der Waals surface area (Å²) >= 11 is 0. The zero-order valence-corrected chi connectivity index (χ0v) is 7.90. The third-order valence-corrected chi connectivity index (χ3v) is 2.57. The predicted molar refractivity (Wildman–Crippen MR) is 53.7 cm³/mol. The van der Waals surface area contributed by atoms with Crippen LogP contribution in [0.5, 0.6) is 0 Å². The topological polar surface area (TPSA) is 23.5 Å². The quantitative estimate of drug-likeness (QED) is 0.742. The molecule has 1 aliphatic rings. The van der Waals surface area contributed by atoms with Crippen molar-refractivity contribution in [3.8, 4) is 0 Å². The van der Waals surface area contributed by atoms with E-state index < -0.39 is 0 Å². The van der Waals surface area contributed by atoms with Crippen LogP contribution >= 0.6 is 0 Å². The summed E-state index contributed by atoms with van der Waals surface area (Å²) in [4.78, 5) is 2.32. The van der Waals surface area contributed by atoms with Gasteiger partial charge in [-0.3, -0.25) is 0 Å². The molecule has 0 radical (unpaired) electrons. The van der Waals surface area contributed by atoms with E-state index in [0.717, 1.165) is 24.6 Å². The summed E-state index contributed by atoms with van der Waals surface area (Å²) < 4.78 is 0. The van der Waals surface area contributed by atoms with Crippen LogP contribution in [0, 0.1) is 5.92 Å². The van der Waals surface area contributed by atoms with Crippen molar-refractivity contribution in [2.24, 2.45) is 5.92 Å². The highest BCUT2D eigenvalue weighted by Crippen LogP contribution is 2.27. The standard InChI is InChI=1S/C11H15NO/c1-9-6-12(7-9)11-5-3-2-4-10(11)8-13/h2-5,9,13H,6-8H2,1H3. The van der Waals surface area contributed by atoms with Gasteiger partial charge in [-0.05, 0) is 12.0 Å². The SMILES string of the molecule is CC1CN(c2ccccc2CO)C1. The number of hydrogen-bond donors (Lipinski definition) is 1. The van der Waals surface area contributed by atoms with Crippen LogP contribution < -0.4 is 4.90 Å². The maximum Gasteiger partial charge on any atom is 0.0702 e. The largest absolute Gasteiger partial charge is 0.392 e. The first-order valence-electron chi connectivity index (χ1n) is 4.75. The zero-order valence-electron chi connectivity index (χ0n) is 7.90. The Morgan fingerprint density at radius 2 is 2.08 bits per heavy atom. The van der Waals surface area contributed by atoms with Gasteiger partial charge in [0, 0.05) is 24.3 Å². The minimum Gasteiger partial charge on any atom is -0.392 e. The molecule has 1 aromatic rings.